The summed E-state index contributed by atoms with van der Waals surface area (Å²) in [7, 11) is 0. The normalized spacial score (nSPS) is 12.8. The van der Waals surface area contributed by atoms with Gasteiger partial charge in [0, 0.05) is 12.5 Å². The highest BCUT2D eigenvalue weighted by atomic mass is 32.2. The molecule has 9 heavy (non-hydrogen) atoms. The van der Waals surface area contributed by atoms with Gasteiger partial charge in [0.15, 0.2) is 0 Å². The van der Waals surface area contributed by atoms with E-state index in [1.165, 1.54) is 5.04 Å². The van der Waals surface area contributed by atoms with Crippen LogP contribution in [0.1, 0.15) is 20.8 Å². The predicted molar refractivity (Wildman–Crippen MR) is 46.3 cm³/mol. The zero-order chi connectivity index (χ0) is 7.28. The number of aliphatic imine (C=N–C) groups is 1. The van der Waals surface area contributed by atoms with Gasteiger partial charge in [0.2, 0.25) is 0 Å². The molecule has 0 heterocycles. The molecule has 0 spiro atoms. The average molecular weight is 145 g/mol. The first-order valence-electron chi connectivity index (χ1n) is 3.30. The predicted octanol–water partition coefficient (Wildman–Crippen LogP) is 2.42. The molecule has 2 heteroatoms. The Morgan fingerprint density at radius 3 is 2.22 bits per heavy atom. The maximum Gasteiger partial charge on any atom is 0.0698 e. The van der Waals surface area contributed by atoms with Crippen molar-refractivity contribution in [2.24, 2.45) is 10.9 Å². The molecule has 0 aromatic heterocycles. The molecule has 54 valence electrons. The largest absolute Gasteiger partial charge is 0.283 e. The number of rotatable bonds is 2. The molecule has 0 N–H and O–H groups in total. The van der Waals surface area contributed by atoms with Gasteiger partial charge >= 0.3 is 0 Å². The lowest BCUT2D eigenvalue weighted by Gasteiger charge is -2.04. The Morgan fingerprint density at radius 2 is 2.11 bits per heavy atom. The summed E-state index contributed by atoms with van der Waals surface area (Å²) in [5.41, 5.74) is 0. The Kier molecular flexibility index (Phi) is 4.87. The number of hydrogen-bond acceptors (Lipinski definition) is 2. The molecule has 1 nitrogen and oxygen atoms in total. The van der Waals surface area contributed by atoms with Crippen LogP contribution in [0.4, 0.5) is 0 Å². The number of nitrogens with zero attached hydrogens (tertiary/aromatic N) is 1. The minimum Gasteiger partial charge on any atom is -0.283 e. The molecule has 0 aliphatic heterocycles. The van der Waals surface area contributed by atoms with Crippen LogP contribution < -0.4 is 0 Å². The molecule has 0 aromatic carbocycles. The van der Waals surface area contributed by atoms with Crippen LogP contribution in [-0.4, -0.2) is 17.8 Å². The molecule has 0 bridgehead atoms. The van der Waals surface area contributed by atoms with Gasteiger partial charge in [-0.15, -0.1) is 11.8 Å². The smallest absolute Gasteiger partial charge is 0.0698 e. The molecule has 0 atom stereocenters. The lowest BCUT2D eigenvalue weighted by atomic mass is 10.2. The van der Waals surface area contributed by atoms with Crippen LogP contribution in [0, 0.1) is 5.92 Å². The third-order valence-electron chi connectivity index (χ3n) is 1.02. The van der Waals surface area contributed by atoms with Gasteiger partial charge in [0.05, 0.1) is 5.04 Å². The van der Waals surface area contributed by atoms with E-state index in [2.05, 4.69) is 32.0 Å². The average Bonchev–Trinajstić information content (AvgIpc) is 1.82. The van der Waals surface area contributed by atoms with E-state index in [4.69, 9.17) is 0 Å². The fourth-order valence-electron chi connectivity index (χ4n) is 0.639. The van der Waals surface area contributed by atoms with Crippen LogP contribution >= 0.6 is 11.8 Å². The first kappa shape index (κ1) is 9.02. The summed E-state index contributed by atoms with van der Waals surface area (Å²) < 4.78 is 0. The summed E-state index contributed by atoms with van der Waals surface area (Å²) in [6.45, 7) is 7.32. The molecule has 0 fully saturated rings. The summed E-state index contributed by atoms with van der Waals surface area (Å²) in [6, 6.07) is 0. The topological polar surface area (TPSA) is 12.4 Å². The maximum absolute atomic E-state index is 4.32. The Hall–Kier alpha value is 0.0200. The fraction of sp³-hybridized carbons (Fsp3) is 0.857. The van der Waals surface area contributed by atoms with Crippen molar-refractivity contribution in [2.45, 2.75) is 20.8 Å². The minimum absolute atomic E-state index is 0.597. The molecule has 0 aromatic rings. The van der Waals surface area contributed by atoms with Crippen LogP contribution in [0.25, 0.3) is 0 Å². The second-order valence-electron chi connectivity index (χ2n) is 2.17. The first-order valence-corrected chi connectivity index (χ1v) is 4.53. The quantitative estimate of drug-likeness (QED) is 0.429. The van der Waals surface area contributed by atoms with Crippen molar-refractivity contribution in [3.05, 3.63) is 0 Å². The second-order valence-corrected chi connectivity index (χ2v) is 3.00. The van der Waals surface area contributed by atoms with Crippen molar-refractivity contribution in [3.63, 3.8) is 0 Å². The summed E-state index contributed by atoms with van der Waals surface area (Å²) in [5.74, 6) is 0.597. The van der Waals surface area contributed by atoms with Crippen LogP contribution in [0.15, 0.2) is 4.99 Å². The van der Waals surface area contributed by atoms with E-state index in [0.717, 1.165) is 6.54 Å². The van der Waals surface area contributed by atoms with E-state index < -0.39 is 0 Å². The van der Waals surface area contributed by atoms with Gasteiger partial charge in [0.25, 0.3) is 0 Å². The Morgan fingerprint density at radius 1 is 1.56 bits per heavy atom. The van der Waals surface area contributed by atoms with Crippen LogP contribution in [0.2, 0.25) is 0 Å². The highest BCUT2D eigenvalue weighted by Gasteiger charge is 2.00. The second kappa shape index (κ2) is 4.86. The first-order chi connectivity index (χ1) is 4.22. The van der Waals surface area contributed by atoms with Crippen molar-refractivity contribution in [2.75, 3.05) is 12.8 Å². The van der Waals surface area contributed by atoms with E-state index in [9.17, 15) is 0 Å². The Balaban J connectivity index is 3.81. The summed E-state index contributed by atoms with van der Waals surface area (Å²) in [5, 5.41) is 1.26. The Bertz CT molecular complexity index is 97.1. The van der Waals surface area contributed by atoms with E-state index in [0.29, 0.717) is 5.92 Å². The lowest BCUT2D eigenvalue weighted by molar-refractivity contribution is 0.890. The van der Waals surface area contributed by atoms with Crippen molar-refractivity contribution < 1.29 is 0 Å². The van der Waals surface area contributed by atoms with Crippen LogP contribution in [0.5, 0.6) is 0 Å². The maximum atomic E-state index is 4.32. The van der Waals surface area contributed by atoms with Gasteiger partial charge in [-0.25, -0.2) is 0 Å². The van der Waals surface area contributed by atoms with Crippen molar-refractivity contribution in [1.82, 2.24) is 0 Å². The minimum atomic E-state index is 0.597. The van der Waals surface area contributed by atoms with Gasteiger partial charge in [-0.05, 0) is 13.2 Å². The molecular weight excluding hydrogens is 130 g/mol. The van der Waals surface area contributed by atoms with Crippen molar-refractivity contribution >= 4 is 16.8 Å². The molecule has 0 saturated heterocycles. The van der Waals surface area contributed by atoms with E-state index in [1.54, 1.807) is 11.8 Å². The zero-order valence-electron chi connectivity index (χ0n) is 6.64. The molecule has 0 rings (SSSR count). The molecule has 0 amide bonds. The lowest BCUT2D eigenvalue weighted by Crippen LogP contribution is -2.01. The molecular formula is C7H15NS. The highest BCUT2D eigenvalue weighted by Crippen LogP contribution is 2.08. The summed E-state index contributed by atoms with van der Waals surface area (Å²) >= 11 is 1.75. The van der Waals surface area contributed by atoms with Crippen LogP contribution in [0.3, 0.4) is 0 Å². The number of hydrogen-bond donors (Lipinski definition) is 0. The number of thioether (sulfide) groups is 1. The third kappa shape index (κ3) is 3.57. The van der Waals surface area contributed by atoms with Crippen molar-refractivity contribution in [3.8, 4) is 0 Å². The van der Waals surface area contributed by atoms with Crippen molar-refractivity contribution in [1.29, 1.82) is 0 Å². The van der Waals surface area contributed by atoms with E-state index in [1.807, 2.05) is 0 Å². The molecule has 0 radical (unpaired) electrons. The van der Waals surface area contributed by atoms with E-state index in [-0.39, 0.29) is 0 Å². The third-order valence-corrected chi connectivity index (χ3v) is 2.04. The van der Waals surface area contributed by atoms with Gasteiger partial charge in [-0.1, -0.05) is 13.8 Å². The standard InChI is InChI=1S/C7H15NS/c1-5-8-7(9-4)6(2)3/h6H,5H2,1-4H3/b8-7-. The molecule has 0 saturated carbocycles. The van der Waals surface area contributed by atoms with Gasteiger partial charge < -0.3 is 0 Å². The van der Waals surface area contributed by atoms with Gasteiger partial charge in [0.1, 0.15) is 0 Å². The molecule has 0 aliphatic carbocycles. The monoisotopic (exact) mass is 145 g/mol. The van der Waals surface area contributed by atoms with Gasteiger partial charge in [-0.3, -0.25) is 4.99 Å². The summed E-state index contributed by atoms with van der Waals surface area (Å²) in [6.07, 6.45) is 2.08. The molecule has 0 unspecified atom stereocenters. The SMILES string of the molecule is CC/N=C(\SC)C(C)C. The summed E-state index contributed by atoms with van der Waals surface area (Å²) in [4.78, 5) is 4.32. The Labute approximate surface area is 61.9 Å². The molecule has 0 aliphatic rings. The van der Waals surface area contributed by atoms with E-state index >= 15 is 0 Å². The van der Waals surface area contributed by atoms with Gasteiger partial charge in [-0.2, -0.15) is 0 Å². The van der Waals surface area contributed by atoms with Crippen LogP contribution in [-0.2, 0) is 0 Å². The highest BCUT2D eigenvalue weighted by molar-refractivity contribution is 8.13. The zero-order valence-corrected chi connectivity index (χ0v) is 7.46. The fourth-order valence-corrected chi connectivity index (χ4v) is 1.37.